The molecule has 0 saturated carbocycles. The topological polar surface area (TPSA) is 91.3 Å². The van der Waals surface area contributed by atoms with E-state index >= 15 is 0 Å². The summed E-state index contributed by atoms with van der Waals surface area (Å²) >= 11 is 14.5. The van der Waals surface area contributed by atoms with Gasteiger partial charge < -0.3 is 10.1 Å². The van der Waals surface area contributed by atoms with Crippen molar-refractivity contribution in [3.05, 3.63) is 69.5 Å². The third-order valence-electron chi connectivity index (χ3n) is 4.65. The van der Waals surface area contributed by atoms with Gasteiger partial charge in [-0.05, 0) is 66.5 Å². The first-order valence-corrected chi connectivity index (χ1v) is 13.7. The van der Waals surface area contributed by atoms with E-state index in [0.717, 1.165) is 42.5 Å². The first-order valence-electron chi connectivity index (χ1n) is 9.85. The van der Waals surface area contributed by atoms with E-state index in [4.69, 9.17) is 23.2 Å². The maximum absolute atomic E-state index is 13.0. The molecule has 0 aliphatic carbocycles. The van der Waals surface area contributed by atoms with Gasteiger partial charge in [-0.3, -0.25) is 9.52 Å². The Morgan fingerprint density at radius 3 is 2.42 bits per heavy atom. The predicted octanol–water partition coefficient (Wildman–Crippen LogP) is 4.96. The van der Waals surface area contributed by atoms with Crippen LogP contribution in [-0.4, -0.2) is 49.7 Å². The van der Waals surface area contributed by atoms with Crippen molar-refractivity contribution in [3.63, 3.8) is 0 Å². The van der Waals surface area contributed by atoms with E-state index in [2.05, 4.69) is 19.1 Å². The van der Waals surface area contributed by atoms with Gasteiger partial charge in [0.05, 0.1) is 28.7 Å². The molecule has 1 amide bonds. The number of ether oxygens (including phenoxy) is 1. The summed E-state index contributed by atoms with van der Waals surface area (Å²) < 4.78 is 34.8. The van der Waals surface area contributed by atoms with Gasteiger partial charge >= 0.3 is 0 Å². The number of morpholine rings is 1. The molecule has 7 nitrogen and oxygen atoms in total. The summed E-state index contributed by atoms with van der Waals surface area (Å²) in [6.07, 6.45) is 0. The Kier molecular flexibility index (Phi) is 7.85. The molecule has 4 rings (SSSR count). The number of halogens is 2. The number of anilines is 2. The van der Waals surface area contributed by atoms with Crippen molar-refractivity contribution in [3.8, 4) is 0 Å². The fraction of sp³-hybridized carbons (Fsp3) is 0.190. The number of sulfonamides is 1. The lowest BCUT2D eigenvalue weighted by molar-refractivity contribution is -0.0706. The van der Waals surface area contributed by atoms with Crippen LogP contribution in [0, 0.1) is 0 Å². The Morgan fingerprint density at radius 1 is 1.03 bits per heavy atom. The summed E-state index contributed by atoms with van der Waals surface area (Å²) in [5.74, 6) is -0.488. The molecule has 1 aliphatic heterocycles. The van der Waals surface area contributed by atoms with Gasteiger partial charge in [0.15, 0.2) is 13.2 Å². The second kappa shape index (κ2) is 10.6. The highest BCUT2D eigenvalue weighted by Gasteiger charge is 2.21. The Bertz CT molecular complexity index is 1240. The first-order chi connectivity index (χ1) is 15.8. The van der Waals surface area contributed by atoms with Crippen LogP contribution in [0.5, 0.6) is 0 Å². The number of thiophene rings is 1. The second-order valence-corrected chi connectivity index (χ2v) is 12.3. The van der Waals surface area contributed by atoms with Gasteiger partial charge in [0.25, 0.3) is 15.9 Å². The number of aliphatic hydroxyl groups is 2. The number of nitrogens with zero attached hydrogens (tertiary/aromatic N) is 1. The molecule has 174 valence electrons. The van der Waals surface area contributed by atoms with Crippen molar-refractivity contribution in [1.82, 2.24) is 4.31 Å². The van der Waals surface area contributed by atoms with Gasteiger partial charge in [-0.25, -0.2) is 12.7 Å². The molecule has 3 N–H and O–H groups in total. The Labute approximate surface area is 210 Å². The molecule has 0 spiro atoms. The van der Waals surface area contributed by atoms with Crippen molar-refractivity contribution in [2.24, 2.45) is 0 Å². The molecule has 33 heavy (non-hydrogen) atoms. The van der Waals surface area contributed by atoms with Gasteiger partial charge in [0, 0.05) is 15.6 Å². The zero-order valence-corrected chi connectivity index (χ0v) is 21.1. The standard InChI is InChI=1S/C21H19Cl2N3O4S3/c22-14-1-6-18(25-33(28,29)20-8-7-19(23)31-20)17(13-14)21(27)24-15-2-4-16(5-3-15)32-26-9-11-30-12-10-26/h1-8,13,25H,9-12H2,(H,24,27)/p+1. The first kappa shape index (κ1) is 24.3. The van der Waals surface area contributed by atoms with E-state index < -0.39 is 15.9 Å². The second-order valence-electron chi connectivity index (χ2n) is 7.02. The molecule has 0 bridgehead atoms. The number of benzene rings is 2. The van der Waals surface area contributed by atoms with Gasteiger partial charge in [0.1, 0.15) is 4.21 Å². The number of rotatable bonds is 7. The Hall–Kier alpha value is -1.79. The molecule has 3 aromatic rings. The van der Waals surface area contributed by atoms with Gasteiger partial charge in [-0.1, -0.05) is 23.2 Å². The molecule has 0 unspecified atom stereocenters. The molecule has 1 saturated heterocycles. The highest BCUT2D eigenvalue weighted by molar-refractivity contribution is 7.97. The molecule has 1 aromatic heterocycles. The minimum Gasteiger partial charge on any atom is -0.432 e. The van der Waals surface area contributed by atoms with E-state index in [0.29, 0.717) is 15.0 Å². The molecule has 1 aliphatic rings. The van der Waals surface area contributed by atoms with Crippen molar-refractivity contribution in [1.29, 1.82) is 0 Å². The van der Waals surface area contributed by atoms with Crippen LogP contribution in [0.3, 0.4) is 0 Å². The van der Waals surface area contributed by atoms with Gasteiger partial charge in [0.2, 0.25) is 0 Å². The number of amides is 1. The fourth-order valence-corrected chi connectivity index (χ4v) is 6.69. The van der Waals surface area contributed by atoms with Crippen LogP contribution in [0.2, 0.25) is 9.36 Å². The van der Waals surface area contributed by atoms with Crippen LogP contribution in [0.25, 0.3) is 0 Å². The fourth-order valence-electron chi connectivity index (χ4n) is 3.06. The maximum Gasteiger partial charge on any atom is 0.271 e. The van der Waals surface area contributed by atoms with Crippen molar-refractivity contribution in [2.45, 2.75) is 9.10 Å². The van der Waals surface area contributed by atoms with Gasteiger partial charge in [-0.2, -0.15) is 0 Å². The third kappa shape index (κ3) is 6.42. The molecular weight excluding hydrogens is 525 g/mol. The van der Waals surface area contributed by atoms with Crippen molar-refractivity contribution in [2.75, 3.05) is 36.3 Å². The summed E-state index contributed by atoms with van der Waals surface area (Å²) in [4.78, 5) is 14.0. The van der Waals surface area contributed by atoms with Crippen LogP contribution in [-0.2, 0) is 10.0 Å². The quantitative estimate of drug-likeness (QED) is 0.324. The normalized spacial score (nSPS) is 14.7. The minimum absolute atomic E-state index is 0.0456. The van der Waals surface area contributed by atoms with Crippen LogP contribution < -0.4 is 10.0 Å². The van der Waals surface area contributed by atoms with E-state index in [1.54, 1.807) is 24.1 Å². The zero-order valence-electron chi connectivity index (χ0n) is 17.1. The SMILES string of the molecule is O=C(Nc1ccc(SN2CC[OH+]CC2)cc1)c1cc(Cl)ccc1NS(=O)(=O)c1ccc(Cl)s1. The number of carbonyl (C=O) groups excluding carboxylic acids is 1. The monoisotopic (exact) mass is 544 g/mol. The molecule has 1 fully saturated rings. The van der Waals surface area contributed by atoms with Crippen LogP contribution in [0.4, 0.5) is 11.4 Å². The maximum atomic E-state index is 13.0. The van der Waals surface area contributed by atoms with Gasteiger partial charge in [-0.15, -0.1) is 11.3 Å². The number of carbonyl (C=O) groups is 1. The summed E-state index contributed by atoms with van der Waals surface area (Å²) in [5.41, 5.74) is 0.796. The molecule has 0 radical (unpaired) electrons. The number of hydrogen-bond acceptors (Lipinski definition) is 6. The summed E-state index contributed by atoms with van der Waals surface area (Å²) in [5, 5.41) is 3.11. The molecule has 12 heteroatoms. The van der Waals surface area contributed by atoms with Crippen LogP contribution in [0.15, 0.2) is 63.7 Å². The number of nitrogens with one attached hydrogen (secondary N) is 2. The van der Waals surface area contributed by atoms with E-state index in [9.17, 15) is 13.2 Å². The Morgan fingerprint density at radius 2 is 1.76 bits per heavy atom. The molecule has 0 atom stereocenters. The van der Waals surface area contributed by atoms with Crippen LogP contribution in [0.1, 0.15) is 10.4 Å². The van der Waals surface area contributed by atoms with E-state index in [-0.39, 0.29) is 15.5 Å². The lowest BCUT2D eigenvalue weighted by Gasteiger charge is -2.22. The predicted molar refractivity (Wildman–Crippen MR) is 135 cm³/mol. The van der Waals surface area contributed by atoms with Crippen molar-refractivity contribution < 1.29 is 17.9 Å². The Balaban J connectivity index is 1.48. The van der Waals surface area contributed by atoms with E-state index in [1.807, 2.05) is 12.1 Å². The summed E-state index contributed by atoms with van der Waals surface area (Å²) in [6.45, 7) is 3.50. The van der Waals surface area contributed by atoms with Crippen molar-refractivity contribution >= 4 is 73.8 Å². The lowest BCUT2D eigenvalue weighted by atomic mass is 10.1. The molecule has 2 heterocycles. The highest BCUT2D eigenvalue weighted by Crippen LogP contribution is 2.30. The van der Waals surface area contributed by atoms with E-state index in [1.165, 1.54) is 30.3 Å². The largest absolute Gasteiger partial charge is 0.432 e. The molecular formula is C21H20Cl2N3O4S3+. The highest BCUT2D eigenvalue weighted by atomic mass is 35.5. The summed E-state index contributed by atoms with van der Waals surface area (Å²) in [6, 6.07) is 14.7. The smallest absolute Gasteiger partial charge is 0.271 e. The number of hydrogen-bond donors (Lipinski definition) is 2. The third-order valence-corrected chi connectivity index (χ3v) is 9.08. The average molecular weight is 546 g/mol. The van der Waals surface area contributed by atoms with Crippen LogP contribution >= 0.6 is 46.5 Å². The summed E-state index contributed by atoms with van der Waals surface area (Å²) in [7, 11) is -3.91. The molecule has 2 aromatic carbocycles. The average Bonchev–Trinajstić information content (AvgIpc) is 3.24. The minimum atomic E-state index is -3.91. The lowest BCUT2D eigenvalue weighted by Crippen LogP contribution is -2.33. The zero-order chi connectivity index (χ0) is 23.4.